The summed E-state index contributed by atoms with van der Waals surface area (Å²) in [6.07, 6.45) is 5.28. The molecule has 1 heterocycles. The number of ether oxygens (including phenoxy) is 1. The van der Waals surface area contributed by atoms with Crippen LogP contribution >= 0.6 is 0 Å². The lowest BCUT2D eigenvalue weighted by molar-refractivity contribution is -0.137. The fourth-order valence-electron chi connectivity index (χ4n) is 5.15. The summed E-state index contributed by atoms with van der Waals surface area (Å²) in [6, 6.07) is 14.3. The molecule has 1 aliphatic heterocycles. The maximum Gasteiger partial charge on any atom is 0.416 e. The molecule has 0 amide bonds. The van der Waals surface area contributed by atoms with Crippen LogP contribution in [0.2, 0.25) is 0 Å². The Bertz CT molecular complexity index is 1020. The van der Waals surface area contributed by atoms with Crippen molar-refractivity contribution < 1.29 is 17.9 Å². The molecule has 2 nitrogen and oxygen atoms in total. The summed E-state index contributed by atoms with van der Waals surface area (Å²) >= 11 is 0. The van der Waals surface area contributed by atoms with Gasteiger partial charge in [-0.2, -0.15) is 13.2 Å². The molecule has 1 atom stereocenters. The fraction of sp³-hybridized carbons (Fsp3) is 0.429. The average molecular weight is 456 g/mol. The first-order chi connectivity index (χ1) is 15.9. The summed E-state index contributed by atoms with van der Waals surface area (Å²) in [5.74, 6) is 0.873. The van der Waals surface area contributed by atoms with Gasteiger partial charge in [0, 0.05) is 12.2 Å². The molecule has 5 heteroatoms. The second-order valence-electron chi connectivity index (χ2n) is 8.96. The molecule has 0 saturated heterocycles. The van der Waals surface area contributed by atoms with Crippen molar-refractivity contribution >= 4 is 5.57 Å². The zero-order valence-electron chi connectivity index (χ0n) is 19.4. The van der Waals surface area contributed by atoms with Gasteiger partial charge in [0.15, 0.2) is 0 Å². The third-order valence-electron chi connectivity index (χ3n) is 6.78. The Morgan fingerprint density at radius 3 is 2.52 bits per heavy atom. The number of alkyl halides is 3. The Balaban J connectivity index is 1.64. The van der Waals surface area contributed by atoms with Crippen LogP contribution in [0.4, 0.5) is 13.2 Å². The minimum atomic E-state index is -4.31. The Morgan fingerprint density at radius 2 is 1.82 bits per heavy atom. The van der Waals surface area contributed by atoms with Gasteiger partial charge in [-0.05, 0) is 84.7 Å². The van der Waals surface area contributed by atoms with E-state index >= 15 is 0 Å². The Hall–Kier alpha value is -2.69. The molecule has 0 bridgehead atoms. The first-order valence-electron chi connectivity index (χ1n) is 11.9. The molecule has 0 aromatic heterocycles. The van der Waals surface area contributed by atoms with E-state index < -0.39 is 11.7 Å². The van der Waals surface area contributed by atoms with Gasteiger partial charge in [0.2, 0.25) is 0 Å². The number of halogens is 3. The van der Waals surface area contributed by atoms with Crippen LogP contribution in [0.5, 0.6) is 5.75 Å². The van der Waals surface area contributed by atoms with Crippen molar-refractivity contribution in [1.82, 2.24) is 4.90 Å². The van der Waals surface area contributed by atoms with E-state index in [1.54, 1.807) is 19.2 Å². The molecular weight excluding hydrogens is 423 g/mol. The van der Waals surface area contributed by atoms with Crippen molar-refractivity contribution in [1.29, 1.82) is 0 Å². The van der Waals surface area contributed by atoms with Crippen LogP contribution < -0.4 is 4.74 Å². The molecule has 0 unspecified atom stereocenters. The van der Waals surface area contributed by atoms with Crippen molar-refractivity contribution in [2.75, 3.05) is 13.7 Å². The highest BCUT2D eigenvalue weighted by atomic mass is 19.4. The molecule has 2 aliphatic rings. The van der Waals surface area contributed by atoms with E-state index in [0.29, 0.717) is 6.04 Å². The molecule has 1 fully saturated rings. The minimum Gasteiger partial charge on any atom is -0.497 e. The monoisotopic (exact) mass is 455 g/mol. The van der Waals surface area contributed by atoms with Crippen molar-refractivity contribution in [3.05, 3.63) is 82.6 Å². The second kappa shape index (κ2) is 10.1. The van der Waals surface area contributed by atoms with Crippen molar-refractivity contribution in [2.24, 2.45) is 0 Å². The van der Waals surface area contributed by atoms with Gasteiger partial charge in [-0.3, -0.25) is 0 Å². The zero-order chi connectivity index (χ0) is 23.4. The first-order valence-corrected chi connectivity index (χ1v) is 11.9. The van der Waals surface area contributed by atoms with Crippen LogP contribution in [0, 0.1) is 0 Å². The Labute approximate surface area is 194 Å². The second-order valence-corrected chi connectivity index (χ2v) is 8.96. The third-order valence-corrected chi connectivity index (χ3v) is 6.78. The lowest BCUT2D eigenvalue weighted by Crippen LogP contribution is -2.41. The van der Waals surface area contributed by atoms with E-state index in [1.807, 2.05) is 12.1 Å². The number of benzene rings is 2. The van der Waals surface area contributed by atoms with Crippen LogP contribution in [0.15, 0.2) is 65.9 Å². The van der Waals surface area contributed by atoms with Gasteiger partial charge in [0.25, 0.3) is 0 Å². The van der Waals surface area contributed by atoms with E-state index in [2.05, 4.69) is 30.0 Å². The third kappa shape index (κ3) is 5.29. The quantitative estimate of drug-likeness (QED) is 0.425. The van der Waals surface area contributed by atoms with Crippen LogP contribution in [-0.4, -0.2) is 24.6 Å². The van der Waals surface area contributed by atoms with Gasteiger partial charge >= 0.3 is 6.18 Å². The molecule has 1 aliphatic carbocycles. The molecule has 0 spiro atoms. The summed E-state index contributed by atoms with van der Waals surface area (Å²) in [4.78, 5) is 2.56. The SMILES string of the molecule is CCCC1=CC(c2ccc(C(F)(F)F)cc2)=C2CCCC[C@H]2N1CCc1cccc(OC)c1. The van der Waals surface area contributed by atoms with Gasteiger partial charge in [0.05, 0.1) is 18.7 Å². The van der Waals surface area contributed by atoms with Crippen LogP contribution in [0.3, 0.4) is 0 Å². The average Bonchev–Trinajstić information content (AvgIpc) is 2.83. The van der Waals surface area contributed by atoms with E-state index in [1.165, 1.54) is 35.4 Å². The van der Waals surface area contributed by atoms with Gasteiger partial charge in [-0.1, -0.05) is 44.0 Å². The first kappa shape index (κ1) is 23.5. The highest BCUT2D eigenvalue weighted by Crippen LogP contribution is 2.41. The lowest BCUT2D eigenvalue weighted by Gasteiger charge is -2.43. The highest BCUT2D eigenvalue weighted by Gasteiger charge is 2.33. The largest absolute Gasteiger partial charge is 0.497 e. The van der Waals surface area contributed by atoms with E-state index in [-0.39, 0.29) is 0 Å². The topological polar surface area (TPSA) is 12.5 Å². The number of rotatable bonds is 7. The summed E-state index contributed by atoms with van der Waals surface area (Å²) in [5.41, 5.74) is 5.36. The Kier molecular flexibility index (Phi) is 7.16. The van der Waals surface area contributed by atoms with Crippen molar-refractivity contribution in [3.63, 3.8) is 0 Å². The number of nitrogens with zero attached hydrogens (tertiary/aromatic N) is 1. The maximum atomic E-state index is 13.1. The van der Waals surface area contributed by atoms with E-state index in [4.69, 9.17) is 4.74 Å². The molecule has 4 rings (SSSR count). The van der Waals surface area contributed by atoms with Crippen LogP contribution in [0.25, 0.3) is 5.57 Å². The van der Waals surface area contributed by atoms with Crippen LogP contribution in [0.1, 0.15) is 62.1 Å². The number of hydrogen-bond donors (Lipinski definition) is 0. The standard InChI is InChI=1S/C28H32F3NO/c1-3-7-23-19-26(21-12-14-22(15-13-21)28(29,30)31)25-10-4-5-11-27(25)32(23)17-16-20-8-6-9-24(18-20)33-2/h6,8-9,12-15,18-19,27H,3-5,7,10-11,16-17H2,1-2H3/t27-/m1/s1. The molecule has 0 N–H and O–H groups in total. The van der Waals surface area contributed by atoms with Crippen molar-refractivity contribution in [3.8, 4) is 5.75 Å². The van der Waals surface area contributed by atoms with Gasteiger partial charge in [-0.25, -0.2) is 0 Å². The van der Waals surface area contributed by atoms with E-state index in [0.717, 1.165) is 62.0 Å². The Morgan fingerprint density at radius 1 is 1.03 bits per heavy atom. The molecular formula is C28H32F3NO. The fourth-order valence-corrected chi connectivity index (χ4v) is 5.15. The minimum absolute atomic E-state index is 0.327. The summed E-state index contributed by atoms with van der Waals surface area (Å²) in [5, 5.41) is 0. The molecule has 2 aromatic carbocycles. The normalized spacial score (nSPS) is 18.8. The number of allylic oxidation sites excluding steroid dienone is 3. The zero-order valence-corrected chi connectivity index (χ0v) is 19.4. The molecule has 0 radical (unpaired) electrons. The van der Waals surface area contributed by atoms with Gasteiger partial charge < -0.3 is 9.64 Å². The maximum absolute atomic E-state index is 13.1. The van der Waals surface area contributed by atoms with Crippen molar-refractivity contribution in [2.45, 2.75) is 64.1 Å². The van der Waals surface area contributed by atoms with Crippen LogP contribution in [-0.2, 0) is 12.6 Å². The predicted octanol–water partition coefficient (Wildman–Crippen LogP) is 7.65. The predicted molar refractivity (Wildman–Crippen MR) is 127 cm³/mol. The lowest BCUT2D eigenvalue weighted by atomic mass is 9.80. The highest BCUT2D eigenvalue weighted by molar-refractivity contribution is 5.79. The van der Waals surface area contributed by atoms with E-state index in [9.17, 15) is 13.2 Å². The summed E-state index contributed by atoms with van der Waals surface area (Å²) in [7, 11) is 1.69. The summed E-state index contributed by atoms with van der Waals surface area (Å²) < 4.78 is 44.6. The molecule has 2 aromatic rings. The number of methoxy groups -OCH3 is 1. The smallest absolute Gasteiger partial charge is 0.416 e. The summed E-state index contributed by atoms with van der Waals surface area (Å²) in [6.45, 7) is 3.10. The molecule has 176 valence electrons. The molecule has 1 saturated carbocycles. The molecule has 33 heavy (non-hydrogen) atoms. The van der Waals surface area contributed by atoms with Gasteiger partial charge in [0.1, 0.15) is 5.75 Å². The van der Waals surface area contributed by atoms with Gasteiger partial charge in [-0.15, -0.1) is 0 Å². The number of fused-ring (bicyclic) bond motifs is 1. The number of hydrogen-bond acceptors (Lipinski definition) is 2.